The Labute approximate surface area is 132 Å². The molecule has 0 radical (unpaired) electrons. The summed E-state index contributed by atoms with van der Waals surface area (Å²) in [7, 11) is 3.27. The number of aryl methyl sites for hydroxylation is 1. The first kappa shape index (κ1) is 15.2. The van der Waals surface area contributed by atoms with E-state index in [1.165, 1.54) is 0 Å². The summed E-state index contributed by atoms with van der Waals surface area (Å²) in [5.74, 6) is 1.48. The number of benzene rings is 2. The van der Waals surface area contributed by atoms with Crippen LogP contribution in [-0.2, 0) is 0 Å². The Hall–Kier alpha value is -1.19. The van der Waals surface area contributed by atoms with Crippen molar-refractivity contribution in [3.8, 4) is 11.5 Å². The quantitative estimate of drug-likeness (QED) is 0.710. The standard InChI is InChI=1S/C16H16BrClO2/c1-10-8-11(17)4-6-13(10)16(18)14-7-5-12(19-2)9-15(14)20-3/h4-9,16H,1-3H3. The molecule has 2 aromatic rings. The second kappa shape index (κ2) is 6.51. The van der Waals surface area contributed by atoms with Crippen LogP contribution in [-0.4, -0.2) is 14.2 Å². The fourth-order valence-corrected chi connectivity index (χ4v) is 3.02. The molecule has 0 amide bonds. The summed E-state index contributed by atoms with van der Waals surface area (Å²) in [6.45, 7) is 2.05. The van der Waals surface area contributed by atoms with Crippen LogP contribution in [0.1, 0.15) is 22.1 Å². The summed E-state index contributed by atoms with van der Waals surface area (Å²) in [5.41, 5.74) is 3.14. The summed E-state index contributed by atoms with van der Waals surface area (Å²) >= 11 is 10.1. The number of rotatable bonds is 4. The van der Waals surface area contributed by atoms with Gasteiger partial charge in [0.05, 0.1) is 19.6 Å². The van der Waals surface area contributed by atoms with Crippen LogP contribution < -0.4 is 9.47 Å². The Morgan fingerprint density at radius 2 is 1.70 bits per heavy atom. The van der Waals surface area contributed by atoms with Crippen LogP contribution >= 0.6 is 27.5 Å². The maximum Gasteiger partial charge on any atom is 0.127 e. The zero-order valence-electron chi connectivity index (χ0n) is 11.6. The lowest BCUT2D eigenvalue weighted by molar-refractivity contribution is 0.391. The molecule has 0 bridgehead atoms. The number of alkyl halides is 1. The molecule has 0 aliphatic heterocycles. The van der Waals surface area contributed by atoms with Gasteiger partial charge in [-0.25, -0.2) is 0 Å². The summed E-state index contributed by atoms with van der Waals surface area (Å²) in [6, 6.07) is 11.8. The molecule has 0 aliphatic carbocycles. The van der Waals surface area contributed by atoms with Crippen molar-refractivity contribution in [2.75, 3.05) is 14.2 Å². The molecule has 1 atom stereocenters. The van der Waals surface area contributed by atoms with Gasteiger partial charge in [-0.1, -0.05) is 22.0 Å². The van der Waals surface area contributed by atoms with E-state index in [-0.39, 0.29) is 5.38 Å². The van der Waals surface area contributed by atoms with Gasteiger partial charge >= 0.3 is 0 Å². The molecule has 0 aliphatic rings. The Kier molecular flexibility index (Phi) is 4.95. The molecule has 2 nitrogen and oxygen atoms in total. The first-order valence-electron chi connectivity index (χ1n) is 6.19. The molecule has 0 saturated carbocycles. The fraction of sp³-hybridized carbons (Fsp3) is 0.250. The van der Waals surface area contributed by atoms with Gasteiger partial charge in [0, 0.05) is 16.1 Å². The Bertz CT molecular complexity index is 613. The van der Waals surface area contributed by atoms with Gasteiger partial charge in [-0.05, 0) is 42.3 Å². The highest BCUT2D eigenvalue weighted by Crippen LogP contribution is 2.38. The minimum atomic E-state index is -0.260. The van der Waals surface area contributed by atoms with Gasteiger partial charge in [-0.2, -0.15) is 0 Å². The highest BCUT2D eigenvalue weighted by molar-refractivity contribution is 9.10. The van der Waals surface area contributed by atoms with Crippen molar-refractivity contribution >= 4 is 27.5 Å². The van der Waals surface area contributed by atoms with Gasteiger partial charge in [0.1, 0.15) is 11.5 Å². The predicted molar refractivity (Wildman–Crippen MR) is 86.1 cm³/mol. The van der Waals surface area contributed by atoms with E-state index in [4.69, 9.17) is 21.1 Å². The third kappa shape index (κ3) is 3.10. The maximum absolute atomic E-state index is 6.63. The summed E-state index contributed by atoms with van der Waals surface area (Å²) in [6.07, 6.45) is 0. The van der Waals surface area contributed by atoms with Crippen molar-refractivity contribution < 1.29 is 9.47 Å². The lowest BCUT2D eigenvalue weighted by atomic mass is 9.99. The summed E-state index contributed by atoms with van der Waals surface area (Å²) in [5, 5.41) is -0.260. The third-order valence-corrected chi connectivity index (χ3v) is 4.18. The van der Waals surface area contributed by atoms with Crippen LogP contribution in [0.15, 0.2) is 40.9 Å². The molecule has 0 heterocycles. The van der Waals surface area contributed by atoms with Crippen molar-refractivity contribution in [3.63, 3.8) is 0 Å². The van der Waals surface area contributed by atoms with Gasteiger partial charge in [-0.3, -0.25) is 0 Å². The van der Waals surface area contributed by atoms with Gasteiger partial charge < -0.3 is 9.47 Å². The molecular weight excluding hydrogens is 340 g/mol. The molecule has 4 heteroatoms. The normalized spacial score (nSPS) is 12.1. The van der Waals surface area contributed by atoms with Crippen molar-refractivity contribution in [3.05, 3.63) is 57.6 Å². The van der Waals surface area contributed by atoms with Gasteiger partial charge in [-0.15, -0.1) is 11.6 Å². The zero-order chi connectivity index (χ0) is 14.7. The molecule has 0 N–H and O–H groups in total. The second-order valence-electron chi connectivity index (χ2n) is 4.47. The summed E-state index contributed by atoms with van der Waals surface area (Å²) in [4.78, 5) is 0. The van der Waals surface area contributed by atoms with E-state index in [1.807, 2.05) is 37.3 Å². The topological polar surface area (TPSA) is 18.5 Å². The van der Waals surface area contributed by atoms with Crippen LogP contribution in [0.5, 0.6) is 11.5 Å². The van der Waals surface area contributed by atoms with Crippen LogP contribution in [0.3, 0.4) is 0 Å². The van der Waals surface area contributed by atoms with Crippen LogP contribution in [0.25, 0.3) is 0 Å². The molecule has 0 spiro atoms. The number of hydrogen-bond donors (Lipinski definition) is 0. The number of ether oxygens (including phenoxy) is 2. The van der Waals surface area contributed by atoms with Crippen LogP contribution in [0, 0.1) is 6.92 Å². The van der Waals surface area contributed by atoms with Crippen molar-refractivity contribution in [2.24, 2.45) is 0 Å². The largest absolute Gasteiger partial charge is 0.497 e. The van der Waals surface area contributed by atoms with Crippen molar-refractivity contribution in [1.82, 2.24) is 0 Å². The minimum Gasteiger partial charge on any atom is -0.497 e. The molecule has 2 rings (SSSR count). The lowest BCUT2D eigenvalue weighted by Gasteiger charge is -2.17. The highest BCUT2D eigenvalue weighted by atomic mass is 79.9. The third-order valence-electron chi connectivity index (χ3n) is 3.22. The average molecular weight is 356 g/mol. The molecular formula is C16H16BrClO2. The van der Waals surface area contributed by atoms with Gasteiger partial charge in [0.25, 0.3) is 0 Å². The van der Waals surface area contributed by atoms with E-state index in [2.05, 4.69) is 22.0 Å². The van der Waals surface area contributed by atoms with Crippen LogP contribution in [0.4, 0.5) is 0 Å². The minimum absolute atomic E-state index is 0.260. The van der Waals surface area contributed by atoms with E-state index in [0.717, 1.165) is 32.7 Å². The Morgan fingerprint density at radius 1 is 1.00 bits per heavy atom. The number of halogens is 2. The predicted octanol–water partition coefficient (Wildman–Crippen LogP) is 5.10. The van der Waals surface area contributed by atoms with E-state index in [0.29, 0.717) is 0 Å². The fourth-order valence-electron chi connectivity index (χ4n) is 2.12. The molecule has 0 aromatic heterocycles. The Balaban J connectivity index is 2.44. The number of hydrogen-bond acceptors (Lipinski definition) is 2. The molecule has 106 valence electrons. The van der Waals surface area contributed by atoms with Crippen LogP contribution in [0.2, 0.25) is 0 Å². The van der Waals surface area contributed by atoms with E-state index < -0.39 is 0 Å². The van der Waals surface area contributed by atoms with E-state index in [1.54, 1.807) is 14.2 Å². The molecule has 1 unspecified atom stereocenters. The van der Waals surface area contributed by atoms with E-state index >= 15 is 0 Å². The van der Waals surface area contributed by atoms with Gasteiger partial charge in [0.15, 0.2) is 0 Å². The van der Waals surface area contributed by atoms with Gasteiger partial charge in [0.2, 0.25) is 0 Å². The maximum atomic E-state index is 6.63. The molecule has 20 heavy (non-hydrogen) atoms. The van der Waals surface area contributed by atoms with Crippen molar-refractivity contribution in [2.45, 2.75) is 12.3 Å². The first-order chi connectivity index (χ1) is 9.56. The zero-order valence-corrected chi connectivity index (χ0v) is 14.0. The SMILES string of the molecule is COc1ccc(C(Cl)c2ccc(Br)cc2C)c(OC)c1. The van der Waals surface area contributed by atoms with E-state index in [9.17, 15) is 0 Å². The monoisotopic (exact) mass is 354 g/mol. The first-order valence-corrected chi connectivity index (χ1v) is 7.41. The second-order valence-corrected chi connectivity index (χ2v) is 5.82. The van der Waals surface area contributed by atoms with Crippen molar-refractivity contribution in [1.29, 1.82) is 0 Å². The highest BCUT2D eigenvalue weighted by Gasteiger charge is 2.18. The summed E-state index contributed by atoms with van der Waals surface area (Å²) < 4.78 is 11.7. The molecule has 0 fully saturated rings. The molecule has 0 saturated heterocycles. The lowest BCUT2D eigenvalue weighted by Crippen LogP contribution is -2.00. The number of methoxy groups -OCH3 is 2. The smallest absolute Gasteiger partial charge is 0.127 e. The molecule has 2 aromatic carbocycles. The average Bonchev–Trinajstić information content (AvgIpc) is 2.46. The Morgan fingerprint density at radius 3 is 2.30 bits per heavy atom.